The normalized spacial score (nSPS) is 12.7. The first-order chi connectivity index (χ1) is 9.58. The van der Waals surface area contributed by atoms with Crippen LogP contribution in [-0.4, -0.2) is 15.0 Å². The number of anilines is 1. The van der Waals surface area contributed by atoms with Crippen molar-refractivity contribution >= 4 is 17.0 Å². The average Bonchev–Trinajstić information content (AvgIpc) is 2.82. The minimum absolute atomic E-state index is 0.0454. The number of fused-ring (bicyclic) bond motifs is 1. The van der Waals surface area contributed by atoms with Crippen molar-refractivity contribution in [2.45, 2.75) is 12.8 Å². The zero-order chi connectivity index (χ0) is 14.3. The van der Waals surface area contributed by atoms with E-state index in [0.717, 1.165) is 5.56 Å². The molecule has 2 aromatic heterocycles. The third kappa shape index (κ3) is 1.85. The lowest BCUT2D eigenvalue weighted by atomic mass is 9.94. The van der Waals surface area contributed by atoms with Gasteiger partial charge in [-0.2, -0.15) is 0 Å². The zero-order valence-electron chi connectivity index (χ0n) is 10.8. The summed E-state index contributed by atoms with van der Waals surface area (Å²) in [5.41, 5.74) is 7.34. The Morgan fingerprint density at radius 3 is 2.80 bits per heavy atom. The van der Waals surface area contributed by atoms with Crippen LogP contribution < -0.4 is 11.3 Å². The summed E-state index contributed by atoms with van der Waals surface area (Å²) < 4.78 is 13.9. The highest BCUT2D eigenvalue weighted by Crippen LogP contribution is 2.29. The van der Waals surface area contributed by atoms with Crippen LogP contribution in [0.2, 0.25) is 0 Å². The van der Waals surface area contributed by atoms with Gasteiger partial charge < -0.3 is 10.7 Å². The molecule has 2 heterocycles. The van der Waals surface area contributed by atoms with Crippen molar-refractivity contribution in [2.24, 2.45) is 0 Å². The summed E-state index contributed by atoms with van der Waals surface area (Å²) in [7, 11) is 0. The van der Waals surface area contributed by atoms with Crippen LogP contribution in [0.25, 0.3) is 11.0 Å². The van der Waals surface area contributed by atoms with Crippen LogP contribution in [0.5, 0.6) is 0 Å². The van der Waals surface area contributed by atoms with E-state index in [1.165, 1.54) is 6.07 Å². The number of aromatic amines is 2. The molecule has 0 saturated carbocycles. The molecule has 0 radical (unpaired) electrons. The molecular weight excluding hydrogens is 259 g/mol. The van der Waals surface area contributed by atoms with Crippen LogP contribution in [-0.2, 0) is 0 Å². The van der Waals surface area contributed by atoms with Crippen LogP contribution in [0.3, 0.4) is 0 Å². The molecule has 0 saturated heterocycles. The van der Waals surface area contributed by atoms with E-state index in [1.54, 1.807) is 24.4 Å². The van der Waals surface area contributed by atoms with Gasteiger partial charge >= 0.3 is 0 Å². The predicted octanol–water partition coefficient (Wildman–Crippen LogP) is 2.12. The number of hydrogen-bond donors (Lipinski definition) is 3. The number of rotatable bonds is 2. The number of hydrogen-bond acceptors (Lipinski definition) is 3. The lowest BCUT2D eigenvalue weighted by Crippen LogP contribution is -2.11. The van der Waals surface area contributed by atoms with Gasteiger partial charge in [0.25, 0.3) is 5.56 Å². The van der Waals surface area contributed by atoms with E-state index < -0.39 is 0 Å². The number of halogens is 1. The summed E-state index contributed by atoms with van der Waals surface area (Å²) in [6, 6.07) is 6.55. The van der Waals surface area contributed by atoms with Gasteiger partial charge in [0.15, 0.2) is 0 Å². The minimum atomic E-state index is -0.334. The molecule has 0 bridgehead atoms. The zero-order valence-corrected chi connectivity index (χ0v) is 10.8. The monoisotopic (exact) mass is 272 g/mol. The number of aromatic nitrogens is 3. The molecule has 0 amide bonds. The van der Waals surface area contributed by atoms with Crippen LogP contribution in [0.15, 0.2) is 35.3 Å². The van der Waals surface area contributed by atoms with Crippen molar-refractivity contribution in [2.75, 3.05) is 5.73 Å². The highest BCUT2D eigenvalue weighted by atomic mass is 19.1. The van der Waals surface area contributed by atoms with E-state index in [2.05, 4.69) is 15.0 Å². The van der Waals surface area contributed by atoms with Crippen LogP contribution in [0, 0.1) is 5.82 Å². The van der Waals surface area contributed by atoms with Gasteiger partial charge in [-0.25, -0.2) is 9.37 Å². The van der Waals surface area contributed by atoms with Crippen molar-refractivity contribution in [3.05, 3.63) is 57.8 Å². The second-order valence-corrected chi connectivity index (χ2v) is 4.66. The standard InChI is InChI=1S/C14H13FN4O/c1-7(8-4-2-3-5-10(8)15)9-6-17-12-11(9)18-14(16)19-13(12)20/h2-7,17H,1H3,(H3,16,18,19,20)/t7-/m0/s1. The molecule has 4 N–H and O–H groups in total. The fraction of sp³-hybridized carbons (Fsp3) is 0.143. The van der Waals surface area contributed by atoms with Crippen molar-refractivity contribution in [3.8, 4) is 0 Å². The third-order valence-electron chi connectivity index (χ3n) is 3.42. The number of nitrogens with zero attached hydrogens (tertiary/aromatic N) is 1. The van der Waals surface area contributed by atoms with Gasteiger partial charge in [-0.15, -0.1) is 0 Å². The lowest BCUT2D eigenvalue weighted by molar-refractivity contribution is 0.603. The summed E-state index contributed by atoms with van der Waals surface area (Å²) in [6.07, 6.45) is 1.67. The van der Waals surface area contributed by atoms with Crippen LogP contribution in [0.4, 0.5) is 10.3 Å². The smallest absolute Gasteiger partial charge is 0.276 e. The van der Waals surface area contributed by atoms with E-state index in [4.69, 9.17) is 5.73 Å². The van der Waals surface area contributed by atoms with Crippen molar-refractivity contribution < 1.29 is 4.39 Å². The first-order valence-electron chi connectivity index (χ1n) is 6.19. The molecule has 102 valence electrons. The fourth-order valence-electron chi connectivity index (χ4n) is 2.38. The highest BCUT2D eigenvalue weighted by Gasteiger charge is 2.18. The molecular formula is C14H13FN4O. The molecule has 0 unspecified atom stereocenters. The van der Waals surface area contributed by atoms with E-state index in [9.17, 15) is 9.18 Å². The van der Waals surface area contributed by atoms with Gasteiger partial charge in [-0.05, 0) is 11.6 Å². The van der Waals surface area contributed by atoms with Gasteiger partial charge in [-0.3, -0.25) is 9.78 Å². The SMILES string of the molecule is C[C@@H](c1ccccc1F)c1c[nH]c2c(=O)[nH]c(N)nc12. The molecule has 5 nitrogen and oxygen atoms in total. The second-order valence-electron chi connectivity index (χ2n) is 4.66. The van der Waals surface area contributed by atoms with E-state index >= 15 is 0 Å². The van der Waals surface area contributed by atoms with Crippen molar-refractivity contribution in [1.82, 2.24) is 15.0 Å². The van der Waals surface area contributed by atoms with Gasteiger partial charge in [-0.1, -0.05) is 25.1 Å². The Hall–Kier alpha value is -2.63. The maximum absolute atomic E-state index is 13.9. The van der Waals surface area contributed by atoms with Crippen LogP contribution >= 0.6 is 0 Å². The highest BCUT2D eigenvalue weighted by molar-refractivity contribution is 5.80. The Morgan fingerprint density at radius 1 is 1.30 bits per heavy atom. The molecule has 1 atom stereocenters. The minimum Gasteiger partial charge on any atom is -0.369 e. The maximum Gasteiger partial charge on any atom is 0.276 e. The predicted molar refractivity (Wildman–Crippen MR) is 75.0 cm³/mol. The lowest BCUT2D eigenvalue weighted by Gasteiger charge is -2.11. The summed E-state index contributed by atoms with van der Waals surface area (Å²) in [6.45, 7) is 1.86. The Balaban J connectivity index is 2.20. The van der Waals surface area contributed by atoms with Gasteiger partial charge in [0, 0.05) is 17.7 Å². The molecule has 0 aliphatic heterocycles. The molecule has 3 rings (SSSR count). The summed E-state index contributed by atoms with van der Waals surface area (Å²) in [5, 5.41) is 0. The summed E-state index contributed by atoms with van der Waals surface area (Å²) in [5.74, 6) is -0.477. The van der Waals surface area contributed by atoms with E-state index in [0.29, 0.717) is 16.6 Å². The third-order valence-corrected chi connectivity index (χ3v) is 3.42. The second kappa shape index (κ2) is 4.48. The molecule has 1 aromatic carbocycles. The Bertz CT molecular complexity index is 837. The van der Waals surface area contributed by atoms with Gasteiger partial charge in [0.1, 0.15) is 16.9 Å². The van der Waals surface area contributed by atoms with E-state index in [-0.39, 0.29) is 23.2 Å². The first-order valence-corrected chi connectivity index (χ1v) is 6.19. The number of nitrogen functional groups attached to an aromatic ring is 1. The van der Waals surface area contributed by atoms with Gasteiger partial charge in [0.2, 0.25) is 5.95 Å². The molecule has 0 fully saturated rings. The van der Waals surface area contributed by atoms with Gasteiger partial charge in [0.05, 0.1) is 0 Å². The molecule has 0 aliphatic carbocycles. The first kappa shape index (κ1) is 12.4. The van der Waals surface area contributed by atoms with Crippen LogP contribution in [0.1, 0.15) is 24.0 Å². The fourth-order valence-corrected chi connectivity index (χ4v) is 2.38. The van der Waals surface area contributed by atoms with Crippen molar-refractivity contribution in [1.29, 1.82) is 0 Å². The maximum atomic E-state index is 13.9. The molecule has 0 spiro atoms. The topological polar surface area (TPSA) is 87.6 Å². The van der Waals surface area contributed by atoms with Crippen molar-refractivity contribution in [3.63, 3.8) is 0 Å². The molecule has 3 aromatic rings. The quantitative estimate of drug-likeness (QED) is 0.667. The number of nitrogens with two attached hydrogens (primary N) is 1. The Morgan fingerprint density at radius 2 is 2.05 bits per heavy atom. The number of nitrogens with one attached hydrogen (secondary N) is 2. The summed E-state index contributed by atoms with van der Waals surface area (Å²) >= 11 is 0. The average molecular weight is 272 g/mol. The number of benzene rings is 1. The molecule has 20 heavy (non-hydrogen) atoms. The largest absolute Gasteiger partial charge is 0.369 e. The number of H-pyrrole nitrogens is 2. The molecule has 0 aliphatic rings. The Labute approximate surface area is 113 Å². The molecule has 6 heteroatoms. The Kier molecular flexibility index (Phi) is 2.78. The summed E-state index contributed by atoms with van der Waals surface area (Å²) in [4.78, 5) is 21.2. The van der Waals surface area contributed by atoms with E-state index in [1.807, 2.05) is 6.92 Å².